The molecule has 1 saturated heterocycles. The van der Waals surface area contributed by atoms with Gasteiger partial charge < -0.3 is 40.1 Å². The van der Waals surface area contributed by atoms with E-state index in [-0.39, 0.29) is 6.61 Å². The molecule has 1 rings (SSSR count). The van der Waals surface area contributed by atoms with Gasteiger partial charge >= 0.3 is 0 Å². The Kier molecular flexibility index (Phi) is 5.70. The van der Waals surface area contributed by atoms with Crippen LogP contribution in [0.25, 0.3) is 0 Å². The van der Waals surface area contributed by atoms with Gasteiger partial charge in [0.15, 0.2) is 6.29 Å². The predicted octanol–water partition coefficient (Wildman–Crippen LogP) is -3.84. The quantitative estimate of drug-likeness (QED) is 0.293. The van der Waals surface area contributed by atoms with E-state index in [1.165, 1.54) is 0 Å². The van der Waals surface area contributed by atoms with Crippen LogP contribution in [0, 0.1) is 0 Å². The Bertz CT molecular complexity index is 223. The van der Waals surface area contributed by atoms with E-state index >= 15 is 0 Å². The lowest BCUT2D eigenvalue weighted by atomic mass is 9.99. The maximum Gasteiger partial charge on any atom is 0.186 e. The highest BCUT2D eigenvalue weighted by Gasteiger charge is 2.44. The average Bonchev–Trinajstić information content (AvgIpc) is 2.34. The van der Waals surface area contributed by atoms with Crippen LogP contribution in [-0.4, -0.2) is 87.3 Å². The van der Waals surface area contributed by atoms with Gasteiger partial charge in [-0.25, -0.2) is 0 Å². The molecule has 1 unspecified atom stereocenters. The Morgan fingerprint density at radius 1 is 1.06 bits per heavy atom. The molecule has 0 aromatic rings. The van der Waals surface area contributed by atoms with Crippen LogP contribution >= 0.6 is 0 Å². The topological polar surface area (TPSA) is 140 Å². The fraction of sp³-hybridized carbons (Fsp3) is 1.00. The SMILES string of the molecule is OCC(O)CO[C@@H]1O[C@H](CO)[C@H](O)[C@H](O)[C@H]1O. The molecular weight excluding hydrogens is 236 g/mol. The Labute approximate surface area is 97.6 Å². The summed E-state index contributed by atoms with van der Waals surface area (Å²) in [7, 11) is 0. The van der Waals surface area contributed by atoms with Crippen molar-refractivity contribution in [2.45, 2.75) is 36.8 Å². The first-order valence-electron chi connectivity index (χ1n) is 5.22. The summed E-state index contributed by atoms with van der Waals surface area (Å²) in [5.41, 5.74) is 0. The van der Waals surface area contributed by atoms with Gasteiger partial charge in [-0.15, -0.1) is 0 Å². The summed E-state index contributed by atoms with van der Waals surface area (Å²) in [4.78, 5) is 0. The zero-order valence-electron chi connectivity index (χ0n) is 9.09. The molecule has 6 N–H and O–H groups in total. The van der Waals surface area contributed by atoms with Crippen molar-refractivity contribution >= 4 is 0 Å². The van der Waals surface area contributed by atoms with Gasteiger partial charge in [-0.1, -0.05) is 0 Å². The fourth-order valence-corrected chi connectivity index (χ4v) is 1.46. The molecule has 0 aromatic heterocycles. The summed E-state index contributed by atoms with van der Waals surface area (Å²) in [6, 6.07) is 0. The van der Waals surface area contributed by atoms with Gasteiger partial charge in [-0.05, 0) is 0 Å². The van der Waals surface area contributed by atoms with Crippen molar-refractivity contribution in [3.8, 4) is 0 Å². The number of ether oxygens (including phenoxy) is 2. The molecule has 0 saturated carbocycles. The third-order valence-electron chi connectivity index (χ3n) is 2.51. The minimum Gasteiger partial charge on any atom is -0.394 e. The molecule has 1 fully saturated rings. The molecule has 0 aromatic carbocycles. The highest BCUT2D eigenvalue weighted by Crippen LogP contribution is 2.21. The highest BCUT2D eigenvalue weighted by molar-refractivity contribution is 4.88. The normalized spacial score (nSPS) is 40.2. The van der Waals surface area contributed by atoms with Crippen molar-refractivity contribution in [3.05, 3.63) is 0 Å². The van der Waals surface area contributed by atoms with E-state index in [0.29, 0.717) is 0 Å². The van der Waals surface area contributed by atoms with Crippen LogP contribution in [0.2, 0.25) is 0 Å². The minimum atomic E-state index is -1.52. The zero-order chi connectivity index (χ0) is 13.0. The van der Waals surface area contributed by atoms with Crippen LogP contribution in [-0.2, 0) is 9.47 Å². The van der Waals surface area contributed by atoms with Crippen molar-refractivity contribution in [2.75, 3.05) is 19.8 Å². The lowest BCUT2D eigenvalue weighted by molar-refractivity contribution is -0.304. The van der Waals surface area contributed by atoms with Crippen LogP contribution in [0.15, 0.2) is 0 Å². The maximum absolute atomic E-state index is 9.52. The minimum absolute atomic E-state index is 0.306. The average molecular weight is 254 g/mol. The molecule has 0 radical (unpaired) electrons. The van der Waals surface area contributed by atoms with E-state index in [4.69, 9.17) is 24.8 Å². The Balaban J connectivity index is 2.53. The van der Waals surface area contributed by atoms with Gasteiger partial charge in [-0.2, -0.15) is 0 Å². The van der Waals surface area contributed by atoms with Gasteiger partial charge in [0.25, 0.3) is 0 Å². The second kappa shape index (κ2) is 6.57. The number of aliphatic hydroxyl groups excluding tert-OH is 6. The van der Waals surface area contributed by atoms with Crippen LogP contribution in [0.5, 0.6) is 0 Å². The third-order valence-corrected chi connectivity index (χ3v) is 2.51. The summed E-state index contributed by atoms with van der Waals surface area (Å²) >= 11 is 0. The Morgan fingerprint density at radius 3 is 2.24 bits per heavy atom. The predicted molar refractivity (Wildman–Crippen MR) is 52.8 cm³/mol. The summed E-state index contributed by atoms with van der Waals surface area (Å²) < 4.78 is 9.93. The molecule has 17 heavy (non-hydrogen) atoms. The monoisotopic (exact) mass is 254 g/mol. The summed E-state index contributed by atoms with van der Waals surface area (Å²) in [6.07, 6.45) is -7.94. The van der Waals surface area contributed by atoms with E-state index in [1.54, 1.807) is 0 Å². The standard InChI is InChI=1S/C9H18O8/c10-1-4(12)3-16-9-8(15)7(14)6(13)5(2-11)17-9/h4-15H,1-3H2/t4?,5-,6+,7+,8-,9-/m1/s1. The number of rotatable bonds is 5. The zero-order valence-corrected chi connectivity index (χ0v) is 9.09. The van der Waals surface area contributed by atoms with Gasteiger partial charge in [0, 0.05) is 0 Å². The molecule has 0 bridgehead atoms. The number of aliphatic hydroxyl groups is 6. The van der Waals surface area contributed by atoms with Gasteiger partial charge in [-0.3, -0.25) is 0 Å². The lowest BCUT2D eigenvalue weighted by Gasteiger charge is -2.39. The molecule has 0 amide bonds. The molecule has 1 heterocycles. The van der Waals surface area contributed by atoms with Crippen molar-refractivity contribution in [2.24, 2.45) is 0 Å². The maximum atomic E-state index is 9.52. The Hall–Kier alpha value is -0.320. The van der Waals surface area contributed by atoms with Gasteiger partial charge in [0.05, 0.1) is 19.8 Å². The second-order valence-electron chi connectivity index (χ2n) is 3.87. The van der Waals surface area contributed by atoms with E-state index < -0.39 is 50.0 Å². The molecule has 102 valence electrons. The van der Waals surface area contributed by atoms with Gasteiger partial charge in [0.1, 0.15) is 30.5 Å². The van der Waals surface area contributed by atoms with Crippen molar-refractivity contribution in [1.29, 1.82) is 0 Å². The van der Waals surface area contributed by atoms with Crippen LogP contribution in [0.4, 0.5) is 0 Å². The third kappa shape index (κ3) is 3.57. The summed E-state index contributed by atoms with van der Waals surface area (Å²) in [5, 5.41) is 54.9. The van der Waals surface area contributed by atoms with Crippen molar-refractivity contribution < 1.29 is 40.1 Å². The first kappa shape index (κ1) is 14.7. The number of hydrogen-bond acceptors (Lipinski definition) is 8. The second-order valence-corrected chi connectivity index (χ2v) is 3.87. The van der Waals surface area contributed by atoms with E-state index in [2.05, 4.69) is 0 Å². The van der Waals surface area contributed by atoms with Gasteiger partial charge in [0.2, 0.25) is 0 Å². The smallest absolute Gasteiger partial charge is 0.186 e. The summed E-state index contributed by atoms with van der Waals surface area (Å²) in [6.45, 7) is -1.37. The molecule has 6 atom stereocenters. The molecule has 0 aliphatic carbocycles. The van der Waals surface area contributed by atoms with Crippen LogP contribution in [0.1, 0.15) is 0 Å². The van der Waals surface area contributed by atoms with Crippen LogP contribution < -0.4 is 0 Å². The lowest BCUT2D eigenvalue weighted by Crippen LogP contribution is -2.59. The first-order chi connectivity index (χ1) is 8.01. The van der Waals surface area contributed by atoms with Crippen molar-refractivity contribution in [3.63, 3.8) is 0 Å². The molecule has 8 heteroatoms. The molecule has 8 nitrogen and oxygen atoms in total. The van der Waals surface area contributed by atoms with E-state index in [9.17, 15) is 15.3 Å². The van der Waals surface area contributed by atoms with Crippen molar-refractivity contribution in [1.82, 2.24) is 0 Å². The van der Waals surface area contributed by atoms with Crippen LogP contribution in [0.3, 0.4) is 0 Å². The van der Waals surface area contributed by atoms with E-state index in [0.717, 1.165) is 0 Å². The highest BCUT2D eigenvalue weighted by atomic mass is 16.7. The summed E-state index contributed by atoms with van der Waals surface area (Å²) in [5.74, 6) is 0. The largest absolute Gasteiger partial charge is 0.394 e. The fourth-order valence-electron chi connectivity index (χ4n) is 1.46. The molecule has 1 aliphatic rings. The molecular formula is C9H18O8. The first-order valence-corrected chi connectivity index (χ1v) is 5.22. The Morgan fingerprint density at radius 2 is 1.71 bits per heavy atom. The molecule has 0 spiro atoms. The number of hydrogen-bond donors (Lipinski definition) is 6. The molecule has 1 aliphatic heterocycles. The van der Waals surface area contributed by atoms with E-state index in [1.807, 2.05) is 0 Å².